The Morgan fingerprint density at radius 3 is 2.25 bits per heavy atom. The Labute approximate surface area is 151 Å². The highest BCUT2D eigenvalue weighted by Crippen LogP contribution is 2.21. The molecule has 1 rings (SSSR count). The summed E-state index contributed by atoms with van der Waals surface area (Å²) in [4.78, 5) is 0.194. The van der Waals surface area contributed by atoms with Gasteiger partial charge < -0.3 is 15.2 Å². The van der Waals surface area contributed by atoms with Crippen LogP contribution < -0.4 is 15.2 Å². The monoisotopic (exact) mass is 380 g/mol. The smallest absolute Gasteiger partial charge is 0.241 e. The normalized spacial score (nSPS) is 14.1. The summed E-state index contributed by atoms with van der Waals surface area (Å²) in [6, 6.07) is 6.31. The van der Waals surface area contributed by atoms with E-state index in [0.29, 0.717) is 31.3 Å². The van der Waals surface area contributed by atoms with E-state index in [9.17, 15) is 8.42 Å². The van der Waals surface area contributed by atoms with E-state index in [-0.39, 0.29) is 23.8 Å². The Kier molecular flexibility index (Phi) is 9.84. The van der Waals surface area contributed by atoms with Gasteiger partial charge in [-0.2, -0.15) is 0 Å². The molecule has 0 heterocycles. The number of nitrogens with one attached hydrogen (secondary N) is 1. The van der Waals surface area contributed by atoms with E-state index in [1.54, 1.807) is 19.2 Å². The molecule has 0 spiro atoms. The summed E-state index contributed by atoms with van der Waals surface area (Å²) in [6.07, 6.45) is 0.668. The highest BCUT2D eigenvalue weighted by molar-refractivity contribution is 7.89. The van der Waals surface area contributed by atoms with Crippen LogP contribution in [0.4, 0.5) is 0 Å². The zero-order valence-corrected chi connectivity index (χ0v) is 16.4. The van der Waals surface area contributed by atoms with E-state index in [1.807, 2.05) is 20.8 Å². The summed E-state index contributed by atoms with van der Waals surface area (Å²) in [5.41, 5.74) is 5.11. The lowest BCUT2D eigenvalue weighted by Gasteiger charge is -2.30. The highest BCUT2D eigenvalue weighted by atomic mass is 35.5. The molecule has 0 saturated carbocycles. The summed E-state index contributed by atoms with van der Waals surface area (Å²) in [5.74, 6) is 0.938. The first kappa shape index (κ1) is 23.1. The zero-order chi connectivity index (χ0) is 17.5. The predicted octanol–water partition coefficient (Wildman–Crippen LogP) is 2.18. The van der Waals surface area contributed by atoms with Gasteiger partial charge in [0.15, 0.2) is 0 Å². The van der Waals surface area contributed by atoms with Crippen LogP contribution in [-0.4, -0.2) is 40.8 Å². The maximum atomic E-state index is 12.5. The van der Waals surface area contributed by atoms with Crippen LogP contribution in [0.5, 0.6) is 5.75 Å². The van der Waals surface area contributed by atoms with Crippen LogP contribution >= 0.6 is 12.4 Å². The number of benzene rings is 1. The molecule has 0 aliphatic heterocycles. The van der Waals surface area contributed by atoms with E-state index in [0.717, 1.165) is 0 Å². The van der Waals surface area contributed by atoms with Crippen LogP contribution in [0.25, 0.3) is 0 Å². The molecule has 140 valence electrons. The van der Waals surface area contributed by atoms with Crippen molar-refractivity contribution in [3.05, 3.63) is 24.3 Å². The van der Waals surface area contributed by atoms with Gasteiger partial charge in [0.2, 0.25) is 10.0 Å². The van der Waals surface area contributed by atoms with E-state index in [2.05, 4.69) is 4.72 Å². The summed E-state index contributed by atoms with van der Waals surface area (Å²) in [5, 5.41) is 0. The molecule has 1 aromatic carbocycles. The first-order valence-corrected chi connectivity index (χ1v) is 9.16. The van der Waals surface area contributed by atoms with Gasteiger partial charge in [-0.25, -0.2) is 13.1 Å². The second-order valence-corrected chi connectivity index (χ2v) is 7.96. The second kappa shape index (κ2) is 10.2. The average molecular weight is 381 g/mol. The number of rotatable bonds is 10. The van der Waals surface area contributed by atoms with Crippen molar-refractivity contribution in [1.29, 1.82) is 0 Å². The van der Waals surface area contributed by atoms with Crippen LogP contribution in [0, 0.1) is 5.92 Å². The van der Waals surface area contributed by atoms with E-state index in [4.69, 9.17) is 15.2 Å². The van der Waals surface area contributed by atoms with Crippen LogP contribution in [0.1, 0.15) is 27.2 Å². The third-order valence-corrected chi connectivity index (χ3v) is 5.03. The number of methoxy groups -OCH3 is 1. The Balaban J connectivity index is 0.00000529. The van der Waals surface area contributed by atoms with Crippen molar-refractivity contribution in [1.82, 2.24) is 4.72 Å². The van der Waals surface area contributed by atoms with E-state index in [1.165, 1.54) is 12.1 Å². The molecular formula is C16H29ClN2O4S. The fourth-order valence-electron chi connectivity index (χ4n) is 2.41. The molecule has 0 bridgehead atoms. The van der Waals surface area contributed by atoms with Gasteiger partial charge in [-0.15, -0.1) is 12.4 Å². The van der Waals surface area contributed by atoms with Gasteiger partial charge >= 0.3 is 0 Å². The third-order valence-electron chi connectivity index (χ3n) is 3.38. The molecule has 1 aromatic rings. The zero-order valence-electron chi connectivity index (χ0n) is 14.7. The molecule has 0 fully saturated rings. The molecule has 0 saturated heterocycles. The molecule has 0 amide bonds. The first-order chi connectivity index (χ1) is 10.7. The van der Waals surface area contributed by atoms with E-state index < -0.39 is 15.6 Å². The van der Waals surface area contributed by atoms with Crippen molar-refractivity contribution in [3.63, 3.8) is 0 Å². The van der Waals surface area contributed by atoms with Gasteiger partial charge in [0.05, 0.1) is 11.5 Å². The van der Waals surface area contributed by atoms with Crippen LogP contribution in [0.2, 0.25) is 0 Å². The number of hydrogen-bond acceptors (Lipinski definition) is 5. The molecule has 0 radical (unpaired) electrons. The molecule has 3 N–H and O–H groups in total. The molecule has 8 heteroatoms. The van der Waals surface area contributed by atoms with Crippen LogP contribution in [-0.2, 0) is 14.8 Å². The molecule has 0 aromatic heterocycles. The molecular weight excluding hydrogens is 352 g/mol. The maximum Gasteiger partial charge on any atom is 0.241 e. The van der Waals surface area contributed by atoms with Gasteiger partial charge in [-0.3, -0.25) is 0 Å². The Morgan fingerprint density at radius 1 is 1.21 bits per heavy atom. The fourth-order valence-corrected chi connectivity index (χ4v) is 3.84. The molecule has 0 aliphatic carbocycles. The number of sulfonamides is 1. The van der Waals surface area contributed by atoms with Crippen molar-refractivity contribution in [2.45, 2.75) is 37.6 Å². The molecule has 1 atom stereocenters. The fraction of sp³-hybridized carbons (Fsp3) is 0.625. The largest absolute Gasteiger partial charge is 0.491 e. The summed E-state index contributed by atoms with van der Waals surface area (Å²) >= 11 is 0. The standard InChI is InChI=1S/C16H28N2O4S.ClH/c1-13(2)11-16(3,12-17)18-23(19,20)15-7-5-14(6-8-15)22-10-9-21-4;/h5-8,13,18H,9-12,17H2,1-4H3;1H. The van der Waals surface area contributed by atoms with Crippen molar-refractivity contribution in [3.8, 4) is 5.75 Å². The lowest BCUT2D eigenvalue weighted by Crippen LogP contribution is -2.51. The minimum atomic E-state index is -3.63. The predicted molar refractivity (Wildman–Crippen MR) is 98.3 cm³/mol. The highest BCUT2D eigenvalue weighted by Gasteiger charge is 2.30. The van der Waals surface area contributed by atoms with Crippen molar-refractivity contribution in [2.24, 2.45) is 11.7 Å². The number of nitrogens with two attached hydrogens (primary N) is 1. The quantitative estimate of drug-likeness (QED) is 0.607. The van der Waals surface area contributed by atoms with Gasteiger partial charge in [-0.05, 0) is 43.5 Å². The third kappa shape index (κ3) is 7.36. The van der Waals surface area contributed by atoms with Crippen molar-refractivity contribution < 1.29 is 17.9 Å². The van der Waals surface area contributed by atoms with Crippen molar-refractivity contribution >= 4 is 22.4 Å². The lowest BCUT2D eigenvalue weighted by molar-refractivity contribution is 0.146. The number of hydrogen-bond donors (Lipinski definition) is 2. The molecule has 24 heavy (non-hydrogen) atoms. The average Bonchev–Trinajstić information content (AvgIpc) is 2.46. The Morgan fingerprint density at radius 2 is 1.79 bits per heavy atom. The van der Waals surface area contributed by atoms with Crippen LogP contribution in [0.15, 0.2) is 29.2 Å². The number of ether oxygens (including phenoxy) is 2. The first-order valence-electron chi connectivity index (χ1n) is 7.68. The molecule has 1 unspecified atom stereocenters. The topological polar surface area (TPSA) is 90.6 Å². The van der Waals surface area contributed by atoms with Crippen molar-refractivity contribution in [2.75, 3.05) is 26.9 Å². The van der Waals surface area contributed by atoms with Gasteiger partial charge in [-0.1, -0.05) is 13.8 Å². The van der Waals surface area contributed by atoms with Gasteiger partial charge in [0.25, 0.3) is 0 Å². The summed E-state index contributed by atoms with van der Waals surface area (Å²) in [6.45, 7) is 7.03. The van der Waals surface area contributed by atoms with Gasteiger partial charge in [0, 0.05) is 19.2 Å². The minimum Gasteiger partial charge on any atom is -0.491 e. The summed E-state index contributed by atoms with van der Waals surface area (Å²) in [7, 11) is -2.03. The molecule has 0 aliphatic rings. The molecule has 6 nitrogen and oxygen atoms in total. The SMILES string of the molecule is COCCOc1ccc(S(=O)(=O)NC(C)(CN)CC(C)C)cc1.Cl. The lowest BCUT2D eigenvalue weighted by atomic mass is 9.92. The van der Waals surface area contributed by atoms with E-state index >= 15 is 0 Å². The van der Waals surface area contributed by atoms with Gasteiger partial charge in [0.1, 0.15) is 12.4 Å². The van der Waals surface area contributed by atoms with Crippen LogP contribution in [0.3, 0.4) is 0 Å². The summed E-state index contributed by atoms with van der Waals surface area (Å²) < 4.78 is 38.1. The minimum absolute atomic E-state index is 0. The number of halogens is 1. The maximum absolute atomic E-state index is 12.5. The second-order valence-electron chi connectivity index (χ2n) is 6.28. The Hall–Kier alpha value is -0.860. The Bertz CT molecular complexity index is 578.